The minimum atomic E-state index is -0.630. The summed E-state index contributed by atoms with van der Waals surface area (Å²) < 4.78 is 0. The highest BCUT2D eigenvalue weighted by Crippen LogP contribution is 2.22. The molecule has 7 nitrogen and oxygen atoms in total. The van der Waals surface area contributed by atoms with Gasteiger partial charge in [-0.2, -0.15) is 0 Å². The summed E-state index contributed by atoms with van der Waals surface area (Å²) in [6.07, 6.45) is 5.07. The Balaban J connectivity index is 1.24. The van der Waals surface area contributed by atoms with Gasteiger partial charge in [0, 0.05) is 24.3 Å². The molecular weight excluding hydrogens is 414 g/mol. The van der Waals surface area contributed by atoms with E-state index < -0.39 is 6.04 Å². The van der Waals surface area contributed by atoms with Gasteiger partial charge in [-0.15, -0.1) is 0 Å². The van der Waals surface area contributed by atoms with Crippen LogP contribution in [-0.4, -0.2) is 40.4 Å². The lowest BCUT2D eigenvalue weighted by atomic mass is 9.96. The topological polar surface area (TPSA) is 98.9 Å². The van der Waals surface area contributed by atoms with E-state index in [2.05, 4.69) is 38.1 Å². The molecule has 3 heterocycles. The molecular formula is C23H26ClN5O2. The number of pyridine rings is 1. The van der Waals surface area contributed by atoms with Crippen molar-refractivity contribution in [1.29, 1.82) is 0 Å². The fourth-order valence-electron chi connectivity index (χ4n) is 3.94. The third-order valence-electron chi connectivity index (χ3n) is 5.66. The van der Waals surface area contributed by atoms with Gasteiger partial charge < -0.3 is 20.9 Å². The summed E-state index contributed by atoms with van der Waals surface area (Å²) in [5.41, 5.74) is 2.81. The van der Waals surface area contributed by atoms with Crippen LogP contribution in [0.2, 0.25) is 5.02 Å². The van der Waals surface area contributed by atoms with Crippen LogP contribution >= 0.6 is 11.6 Å². The van der Waals surface area contributed by atoms with Crippen molar-refractivity contribution in [2.45, 2.75) is 38.4 Å². The number of halogens is 1. The summed E-state index contributed by atoms with van der Waals surface area (Å²) >= 11 is 6.12. The van der Waals surface area contributed by atoms with Crippen LogP contribution in [0.4, 0.5) is 0 Å². The van der Waals surface area contributed by atoms with Gasteiger partial charge in [0.2, 0.25) is 11.8 Å². The SMILES string of the molecule is C[C@H](NC(=O)[C@H]1C[C@H](Cc2ccccc2)CN1)C(=O)NCc1cnc2[nH]cc(Cl)c2c1. The number of rotatable bonds is 7. The van der Waals surface area contributed by atoms with Crippen LogP contribution in [0.1, 0.15) is 24.5 Å². The molecule has 0 spiro atoms. The van der Waals surface area contributed by atoms with Gasteiger partial charge in [-0.3, -0.25) is 9.59 Å². The summed E-state index contributed by atoms with van der Waals surface area (Å²) in [7, 11) is 0. The van der Waals surface area contributed by atoms with Crippen molar-refractivity contribution in [3.8, 4) is 0 Å². The largest absolute Gasteiger partial charge is 0.350 e. The lowest BCUT2D eigenvalue weighted by molar-refractivity contribution is -0.129. The molecule has 31 heavy (non-hydrogen) atoms. The average Bonchev–Trinajstić information content (AvgIpc) is 3.39. The highest BCUT2D eigenvalue weighted by Gasteiger charge is 2.30. The minimum Gasteiger partial charge on any atom is -0.350 e. The third kappa shape index (κ3) is 5.24. The number of amides is 2. The number of benzene rings is 1. The molecule has 3 aromatic rings. The minimum absolute atomic E-state index is 0.139. The maximum absolute atomic E-state index is 12.6. The normalized spacial score (nSPS) is 19.3. The molecule has 0 aliphatic carbocycles. The summed E-state index contributed by atoms with van der Waals surface area (Å²) in [5, 5.41) is 10.3. The zero-order valence-corrected chi connectivity index (χ0v) is 18.1. The average molecular weight is 440 g/mol. The van der Waals surface area contributed by atoms with Crippen LogP contribution in [0.15, 0.2) is 48.8 Å². The van der Waals surface area contributed by atoms with E-state index in [1.54, 1.807) is 19.3 Å². The molecule has 0 unspecified atom stereocenters. The van der Waals surface area contributed by atoms with E-state index in [-0.39, 0.29) is 17.9 Å². The van der Waals surface area contributed by atoms with Gasteiger partial charge in [0.1, 0.15) is 11.7 Å². The van der Waals surface area contributed by atoms with Gasteiger partial charge in [-0.25, -0.2) is 4.98 Å². The van der Waals surface area contributed by atoms with E-state index in [0.29, 0.717) is 23.1 Å². The van der Waals surface area contributed by atoms with Crippen molar-refractivity contribution in [3.05, 3.63) is 64.9 Å². The van der Waals surface area contributed by atoms with Crippen LogP contribution in [0, 0.1) is 5.92 Å². The molecule has 3 atom stereocenters. The standard InChI is InChI=1S/C23H26ClN5O2/c1-14(22(30)28-12-17-8-18-19(24)13-27-21(18)26-11-17)29-23(31)20-9-16(10-25-20)7-15-5-3-2-4-6-15/h2-6,8,11,13-14,16,20,25H,7,9-10,12H2,1H3,(H,26,27)(H,28,30)(H,29,31)/t14-,16-,20+/m0/s1. The molecule has 4 rings (SSSR count). The summed E-state index contributed by atoms with van der Waals surface area (Å²) in [5.74, 6) is 0.0257. The maximum Gasteiger partial charge on any atom is 0.242 e. The number of hydrogen-bond donors (Lipinski definition) is 4. The van der Waals surface area contributed by atoms with Crippen molar-refractivity contribution >= 4 is 34.4 Å². The second-order valence-electron chi connectivity index (χ2n) is 8.08. The second kappa shape index (κ2) is 9.49. The Morgan fingerprint density at radius 1 is 1.26 bits per heavy atom. The molecule has 0 bridgehead atoms. The van der Waals surface area contributed by atoms with Gasteiger partial charge >= 0.3 is 0 Å². The van der Waals surface area contributed by atoms with Crippen LogP contribution in [-0.2, 0) is 22.6 Å². The molecule has 0 saturated carbocycles. The number of nitrogens with one attached hydrogen (secondary N) is 4. The van der Waals surface area contributed by atoms with Crippen molar-refractivity contribution in [3.63, 3.8) is 0 Å². The molecule has 162 valence electrons. The predicted molar refractivity (Wildman–Crippen MR) is 121 cm³/mol. The Bertz CT molecular complexity index is 1070. The van der Waals surface area contributed by atoms with Crippen LogP contribution < -0.4 is 16.0 Å². The molecule has 0 radical (unpaired) electrons. The number of carbonyl (C=O) groups is 2. The quantitative estimate of drug-likeness (QED) is 0.454. The molecule has 1 aliphatic heterocycles. The van der Waals surface area contributed by atoms with E-state index in [1.807, 2.05) is 24.3 Å². The lowest BCUT2D eigenvalue weighted by Crippen LogP contribution is -2.49. The van der Waals surface area contributed by atoms with Gasteiger partial charge in [-0.05, 0) is 49.4 Å². The molecule has 8 heteroatoms. The zero-order valence-electron chi connectivity index (χ0n) is 17.3. The number of fused-ring (bicyclic) bond motifs is 1. The van der Waals surface area contributed by atoms with Crippen molar-refractivity contribution in [2.24, 2.45) is 5.92 Å². The van der Waals surface area contributed by atoms with E-state index in [0.717, 1.165) is 30.3 Å². The zero-order chi connectivity index (χ0) is 21.8. The van der Waals surface area contributed by atoms with Crippen molar-refractivity contribution < 1.29 is 9.59 Å². The summed E-state index contributed by atoms with van der Waals surface area (Å²) in [6, 6.07) is 11.3. The fourth-order valence-corrected chi connectivity index (χ4v) is 4.14. The van der Waals surface area contributed by atoms with Crippen LogP contribution in [0.25, 0.3) is 11.0 Å². The highest BCUT2D eigenvalue weighted by molar-refractivity contribution is 6.35. The summed E-state index contributed by atoms with van der Waals surface area (Å²) in [4.78, 5) is 32.3. The number of aromatic amines is 1. The Morgan fingerprint density at radius 2 is 2.06 bits per heavy atom. The van der Waals surface area contributed by atoms with Gasteiger partial charge in [0.25, 0.3) is 0 Å². The first kappa shape index (κ1) is 21.3. The Morgan fingerprint density at radius 3 is 2.87 bits per heavy atom. The molecule has 1 saturated heterocycles. The van der Waals surface area contributed by atoms with Crippen molar-refractivity contribution in [2.75, 3.05) is 6.54 Å². The summed E-state index contributed by atoms with van der Waals surface area (Å²) in [6.45, 7) is 2.79. The maximum atomic E-state index is 12.6. The second-order valence-corrected chi connectivity index (χ2v) is 8.48. The Labute approximate surface area is 186 Å². The number of aromatic nitrogens is 2. The first-order valence-corrected chi connectivity index (χ1v) is 10.8. The van der Waals surface area contributed by atoms with E-state index in [4.69, 9.17) is 11.6 Å². The van der Waals surface area contributed by atoms with E-state index >= 15 is 0 Å². The number of carbonyl (C=O) groups excluding carboxylic acids is 2. The molecule has 2 aromatic heterocycles. The molecule has 2 amide bonds. The monoisotopic (exact) mass is 439 g/mol. The van der Waals surface area contributed by atoms with Gasteiger partial charge in [0.15, 0.2) is 0 Å². The van der Waals surface area contributed by atoms with Gasteiger partial charge in [-0.1, -0.05) is 41.9 Å². The molecule has 1 fully saturated rings. The van der Waals surface area contributed by atoms with E-state index in [9.17, 15) is 9.59 Å². The smallest absolute Gasteiger partial charge is 0.242 e. The highest BCUT2D eigenvalue weighted by atomic mass is 35.5. The Hall–Kier alpha value is -2.90. The first-order valence-electron chi connectivity index (χ1n) is 10.5. The predicted octanol–water partition coefficient (Wildman–Crippen LogP) is 2.56. The number of H-pyrrole nitrogens is 1. The van der Waals surface area contributed by atoms with E-state index in [1.165, 1.54) is 5.56 Å². The first-order chi connectivity index (χ1) is 15.0. The number of hydrogen-bond acceptors (Lipinski definition) is 4. The lowest BCUT2D eigenvalue weighted by Gasteiger charge is -2.17. The van der Waals surface area contributed by atoms with Crippen molar-refractivity contribution in [1.82, 2.24) is 25.9 Å². The van der Waals surface area contributed by atoms with Crippen LogP contribution in [0.3, 0.4) is 0 Å². The Kier molecular flexibility index (Phi) is 6.53. The third-order valence-corrected chi connectivity index (χ3v) is 5.97. The fraction of sp³-hybridized carbons (Fsp3) is 0.348. The molecule has 1 aliphatic rings. The van der Waals surface area contributed by atoms with Crippen LogP contribution in [0.5, 0.6) is 0 Å². The molecule has 1 aromatic carbocycles. The number of nitrogens with zero attached hydrogens (tertiary/aromatic N) is 1. The molecule has 4 N–H and O–H groups in total. The van der Waals surface area contributed by atoms with Gasteiger partial charge in [0.05, 0.1) is 11.1 Å².